The standard InChI is InChI=1S/C15H30N4O3.HI/c1-18(2)14(20)11-17-15(16-7-10-21-4)19(3)12-13-5-8-22-9-6-13;/h13H,5-12H2,1-4H3,(H,16,17);1H. The van der Waals surface area contributed by atoms with Crippen LogP contribution in [0, 0.1) is 5.92 Å². The fourth-order valence-corrected chi connectivity index (χ4v) is 2.26. The van der Waals surface area contributed by atoms with E-state index >= 15 is 0 Å². The average molecular weight is 442 g/mol. The zero-order chi connectivity index (χ0) is 16.4. The molecule has 0 saturated carbocycles. The summed E-state index contributed by atoms with van der Waals surface area (Å²) in [6.07, 6.45) is 2.15. The second kappa shape index (κ2) is 12.8. The molecule has 8 heteroatoms. The van der Waals surface area contributed by atoms with Gasteiger partial charge in [0.1, 0.15) is 6.54 Å². The monoisotopic (exact) mass is 442 g/mol. The molecule has 0 aromatic heterocycles. The number of aliphatic imine (C=N–C) groups is 1. The van der Waals surface area contributed by atoms with Crippen LogP contribution in [-0.2, 0) is 14.3 Å². The number of hydrogen-bond acceptors (Lipinski definition) is 4. The summed E-state index contributed by atoms with van der Waals surface area (Å²) in [5.41, 5.74) is 0. The summed E-state index contributed by atoms with van der Waals surface area (Å²) < 4.78 is 10.5. The van der Waals surface area contributed by atoms with E-state index < -0.39 is 0 Å². The van der Waals surface area contributed by atoms with Gasteiger partial charge in [-0.15, -0.1) is 24.0 Å². The summed E-state index contributed by atoms with van der Waals surface area (Å²) in [5.74, 6) is 1.35. The number of hydrogen-bond donors (Lipinski definition) is 1. The highest BCUT2D eigenvalue weighted by Crippen LogP contribution is 2.15. The molecule has 23 heavy (non-hydrogen) atoms. The molecule has 0 aromatic rings. The number of ether oxygens (including phenoxy) is 2. The second-order valence-corrected chi connectivity index (χ2v) is 5.78. The van der Waals surface area contributed by atoms with Gasteiger partial charge in [-0.3, -0.25) is 4.79 Å². The number of nitrogens with one attached hydrogen (secondary N) is 1. The van der Waals surface area contributed by atoms with E-state index in [2.05, 4.69) is 15.2 Å². The van der Waals surface area contributed by atoms with Gasteiger partial charge < -0.3 is 24.6 Å². The Bertz CT molecular complexity index is 361. The lowest BCUT2D eigenvalue weighted by Crippen LogP contribution is -2.43. The highest BCUT2D eigenvalue weighted by Gasteiger charge is 2.18. The largest absolute Gasteiger partial charge is 0.383 e. The molecule has 1 aliphatic rings. The Morgan fingerprint density at radius 3 is 2.52 bits per heavy atom. The first kappa shape index (κ1) is 22.4. The van der Waals surface area contributed by atoms with Crippen LogP contribution in [0.15, 0.2) is 4.99 Å². The summed E-state index contributed by atoms with van der Waals surface area (Å²) in [6, 6.07) is 0. The summed E-state index contributed by atoms with van der Waals surface area (Å²) in [6.45, 7) is 4.01. The first-order chi connectivity index (χ1) is 10.5. The molecule has 0 aliphatic carbocycles. The fraction of sp³-hybridized carbons (Fsp3) is 0.867. The van der Waals surface area contributed by atoms with Crippen molar-refractivity contribution in [3.63, 3.8) is 0 Å². The van der Waals surface area contributed by atoms with Crippen molar-refractivity contribution in [3.05, 3.63) is 0 Å². The van der Waals surface area contributed by atoms with Crippen molar-refractivity contribution in [1.29, 1.82) is 0 Å². The SMILES string of the molecule is COCCNC(=NCC(=O)N(C)C)N(C)CC1CCOCC1.I. The lowest BCUT2D eigenvalue weighted by atomic mass is 10.00. The van der Waals surface area contributed by atoms with Crippen LogP contribution in [0.4, 0.5) is 0 Å². The Balaban J connectivity index is 0.00000484. The number of likely N-dealkylation sites (N-methyl/N-ethyl adjacent to an activating group) is 1. The number of guanidine groups is 1. The fourth-order valence-electron chi connectivity index (χ4n) is 2.26. The maximum Gasteiger partial charge on any atom is 0.243 e. The minimum Gasteiger partial charge on any atom is -0.383 e. The molecule has 1 heterocycles. The molecule has 0 radical (unpaired) electrons. The first-order valence-electron chi connectivity index (χ1n) is 7.81. The number of methoxy groups -OCH3 is 1. The van der Waals surface area contributed by atoms with Gasteiger partial charge in [0.2, 0.25) is 5.91 Å². The maximum absolute atomic E-state index is 11.7. The van der Waals surface area contributed by atoms with Crippen LogP contribution in [0.3, 0.4) is 0 Å². The summed E-state index contributed by atoms with van der Waals surface area (Å²) in [4.78, 5) is 19.8. The Kier molecular flexibility index (Phi) is 12.4. The van der Waals surface area contributed by atoms with Crippen molar-refractivity contribution < 1.29 is 14.3 Å². The Labute approximate surface area is 156 Å². The third kappa shape index (κ3) is 9.31. The third-order valence-corrected chi connectivity index (χ3v) is 3.69. The highest BCUT2D eigenvalue weighted by atomic mass is 127. The predicted molar refractivity (Wildman–Crippen MR) is 102 cm³/mol. The van der Waals surface area contributed by atoms with E-state index in [4.69, 9.17) is 9.47 Å². The van der Waals surface area contributed by atoms with Crippen molar-refractivity contribution in [1.82, 2.24) is 15.1 Å². The predicted octanol–water partition coefficient (Wildman–Crippen LogP) is 0.643. The Morgan fingerprint density at radius 2 is 1.96 bits per heavy atom. The summed E-state index contributed by atoms with van der Waals surface area (Å²) >= 11 is 0. The van der Waals surface area contributed by atoms with E-state index in [1.807, 2.05) is 7.05 Å². The van der Waals surface area contributed by atoms with Crippen molar-refractivity contribution in [3.8, 4) is 0 Å². The quantitative estimate of drug-likeness (QED) is 0.272. The van der Waals surface area contributed by atoms with E-state index in [9.17, 15) is 4.79 Å². The summed E-state index contributed by atoms with van der Waals surface area (Å²) in [7, 11) is 7.15. The first-order valence-corrected chi connectivity index (χ1v) is 7.81. The van der Waals surface area contributed by atoms with Crippen molar-refractivity contribution in [2.45, 2.75) is 12.8 Å². The van der Waals surface area contributed by atoms with Crippen LogP contribution in [0.25, 0.3) is 0 Å². The number of rotatable bonds is 7. The molecule has 0 aromatic carbocycles. The number of amides is 1. The second-order valence-electron chi connectivity index (χ2n) is 5.78. The minimum atomic E-state index is -0.00879. The van der Waals surface area contributed by atoms with Crippen molar-refractivity contribution in [2.24, 2.45) is 10.9 Å². The molecular weight excluding hydrogens is 411 g/mol. The number of carbonyl (C=O) groups excluding carboxylic acids is 1. The molecule has 1 N–H and O–H groups in total. The van der Waals surface area contributed by atoms with Gasteiger partial charge in [-0.25, -0.2) is 4.99 Å². The number of nitrogens with zero attached hydrogens (tertiary/aromatic N) is 3. The molecule has 0 unspecified atom stereocenters. The van der Waals surface area contributed by atoms with Crippen LogP contribution in [0.2, 0.25) is 0 Å². The van der Waals surface area contributed by atoms with Gasteiger partial charge in [-0.05, 0) is 18.8 Å². The minimum absolute atomic E-state index is 0. The van der Waals surface area contributed by atoms with Gasteiger partial charge in [0.15, 0.2) is 5.96 Å². The summed E-state index contributed by atoms with van der Waals surface area (Å²) in [5, 5.41) is 3.25. The van der Waals surface area contributed by atoms with Gasteiger partial charge in [0, 0.05) is 54.6 Å². The molecule has 0 atom stereocenters. The smallest absolute Gasteiger partial charge is 0.243 e. The molecule has 7 nitrogen and oxygen atoms in total. The van der Waals surface area contributed by atoms with E-state index in [0.717, 1.165) is 38.6 Å². The molecule has 0 spiro atoms. The molecule has 1 fully saturated rings. The van der Waals surface area contributed by atoms with Gasteiger partial charge in [-0.1, -0.05) is 0 Å². The topological polar surface area (TPSA) is 66.4 Å². The maximum atomic E-state index is 11.7. The Hall–Kier alpha value is -0.610. The highest BCUT2D eigenvalue weighted by molar-refractivity contribution is 14.0. The molecule has 0 bridgehead atoms. The van der Waals surface area contributed by atoms with E-state index in [1.165, 1.54) is 0 Å². The Morgan fingerprint density at radius 1 is 1.30 bits per heavy atom. The number of halogens is 1. The normalized spacial score (nSPS) is 15.7. The lowest BCUT2D eigenvalue weighted by molar-refractivity contribution is -0.127. The lowest BCUT2D eigenvalue weighted by Gasteiger charge is -2.29. The average Bonchev–Trinajstić information content (AvgIpc) is 2.51. The zero-order valence-electron chi connectivity index (χ0n) is 14.7. The zero-order valence-corrected chi connectivity index (χ0v) is 17.0. The molecule has 1 aliphatic heterocycles. The van der Waals surface area contributed by atoms with Crippen LogP contribution < -0.4 is 5.32 Å². The molecule has 136 valence electrons. The van der Waals surface area contributed by atoms with Crippen molar-refractivity contribution in [2.75, 3.05) is 67.7 Å². The molecule has 1 amide bonds. The van der Waals surface area contributed by atoms with Crippen LogP contribution >= 0.6 is 24.0 Å². The third-order valence-electron chi connectivity index (χ3n) is 3.69. The van der Waals surface area contributed by atoms with Crippen LogP contribution in [-0.4, -0.2) is 89.4 Å². The van der Waals surface area contributed by atoms with Crippen molar-refractivity contribution >= 4 is 35.8 Å². The molecular formula is C15H31IN4O3. The van der Waals surface area contributed by atoms with E-state index in [-0.39, 0.29) is 36.4 Å². The van der Waals surface area contributed by atoms with E-state index in [0.29, 0.717) is 19.1 Å². The van der Waals surface area contributed by atoms with Gasteiger partial charge in [0.25, 0.3) is 0 Å². The van der Waals surface area contributed by atoms with Crippen LogP contribution in [0.5, 0.6) is 0 Å². The molecule has 1 saturated heterocycles. The van der Waals surface area contributed by atoms with E-state index in [1.54, 1.807) is 26.1 Å². The van der Waals surface area contributed by atoms with Crippen LogP contribution in [0.1, 0.15) is 12.8 Å². The van der Waals surface area contributed by atoms with Gasteiger partial charge in [0.05, 0.1) is 6.61 Å². The molecule has 1 rings (SSSR count). The van der Waals surface area contributed by atoms with Gasteiger partial charge >= 0.3 is 0 Å². The number of carbonyl (C=O) groups is 1. The van der Waals surface area contributed by atoms with Gasteiger partial charge in [-0.2, -0.15) is 0 Å².